The lowest BCUT2D eigenvalue weighted by molar-refractivity contribution is 0.0931. The molecule has 1 amide bonds. The van der Waals surface area contributed by atoms with Gasteiger partial charge >= 0.3 is 0 Å². The van der Waals surface area contributed by atoms with Gasteiger partial charge in [0.2, 0.25) is 0 Å². The molecule has 25 heavy (non-hydrogen) atoms. The number of likely N-dealkylation sites (N-methyl/N-ethyl adjacent to an activating group) is 1. The van der Waals surface area contributed by atoms with Crippen LogP contribution in [0.1, 0.15) is 46.3 Å². The first-order valence-electron chi connectivity index (χ1n) is 9.54. The van der Waals surface area contributed by atoms with Crippen LogP contribution in [0.2, 0.25) is 0 Å². The third-order valence-corrected chi connectivity index (χ3v) is 7.01. The summed E-state index contributed by atoms with van der Waals surface area (Å²) in [6.07, 6.45) is 4.89. The number of carbonyl (C=O) groups excluding carboxylic acids is 1. The Bertz CT molecular complexity index is 600. The zero-order valence-corrected chi connectivity index (χ0v) is 15.9. The minimum Gasteiger partial charge on any atom is -0.373 e. The number of nitrogens with zero attached hydrogens (tertiary/aromatic N) is 2. The number of ether oxygens (including phenoxy) is 1. The second-order valence-corrected chi connectivity index (χ2v) is 9.08. The molecule has 6 heteroatoms. The van der Waals surface area contributed by atoms with Crippen LogP contribution >= 0.6 is 11.3 Å². The highest BCUT2D eigenvalue weighted by Crippen LogP contribution is 2.45. The maximum absolute atomic E-state index is 12.5. The molecule has 1 N–H and O–H groups in total. The highest BCUT2D eigenvalue weighted by molar-refractivity contribution is 7.14. The number of hydrogen-bond donors (Lipinski definition) is 1. The van der Waals surface area contributed by atoms with E-state index in [1.54, 1.807) is 11.3 Å². The Labute approximate surface area is 154 Å². The average molecular weight is 364 g/mol. The molecule has 0 spiro atoms. The van der Waals surface area contributed by atoms with Crippen molar-refractivity contribution < 1.29 is 9.53 Å². The summed E-state index contributed by atoms with van der Waals surface area (Å²) in [6, 6.07) is 4.02. The number of piperazine rings is 1. The minimum atomic E-state index is 0.0823. The topological polar surface area (TPSA) is 44.8 Å². The number of rotatable bonds is 6. The number of carbonyl (C=O) groups is 1. The summed E-state index contributed by atoms with van der Waals surface area (Å²) in [4.78, 5) is 19.5. The number of thiophene rings is 1. The fourth-order valence-corrected chi connectivity index (χ4v) is 4.86. The summed E-state index contributed by atoms with van der Waals surface area (Å²) in [6.45, 7) is 7.41. The van der Waals surface area contributed by atoms with E-state index in [1.165, 1.54) is 17.7 Å². The summed E-state index contributed by atoms with van der Waals surface area (Å²) >= 11 is 1.59. The van der Waals surface area contributed by atoms with Crippen molar-refractivity contribution in [1.29, 1.82) is 0 Å². The Hall–Kier alpha value is -0.950. The molecule has 0 bridgehead atoms. The van der Waals surface area contributed by atoms with E-state index in [-0.39, 0.29) is 12.0 Å². The van der Waals surface area contributed by atoms with E-state index in [2.05, 4.69) is 28.2 Å². The van der Waals surface area contributed by atoms with Gasteiger partial charge in [-0.25, -0.2) is 0 Å². The van der Waals surface area contributed by atoms with Crippen molar-refractivity contribution in [1.82, 2.24) is 15.1 Å². The molecule has 4 rings (SSSR count). The van der Waals surface area contributed by atoms with Crippen molar-refractivity contribution in [2.75, 3.05) is 52.9 Å². The first-order chi connectivity index (χ1) is 12.1. The van der Waals surface area contributed by atoms with Crippen LogP contribution in [-0.4, -0.2) is 68.6 Å². The zero-order valence-electron chi connectivity index (χ0n) is 15.1. The van der Waals surface area contributed by atoms with Crippen LogP contribution in [0.15, 0.2) is 12.1 Å². The molecule has 1 saturated carbocycles. The van der Waals surface area contributed by atoms with Crippen LogP contribution in [0, 0.1) is 5.41 Å². The normalized spacial score (nSPS) is 26.7. The SMILES string of the molecule is CN1CCN(CC2(CNC(=O)c3ccc([C@H]4CCCO4)s3)CC2)CC1. The molecule has 1 atom stereocenters. The van der Waals surface area contributed by atoms with Gasteiger partial charge in [-0.05, 0) is 44.9 Å². The van der Waals surface area contributed by atoms with E-state index < -0.39 is 0 Å². The highest BCUT2D eigenvalue weighted by atomic mass is 32.1. The van der Waals surface area contributed by atoms with Gasteiger partial charge in [0.15, 0.2) is 0 Å². The lowest BCUT2D eigenvalue weighted by atomic mass is 10.1. The van der Waals surface area contributed by atoms with Crippen LogP contribution in [-0.2, 0) is 4.74 Å². The summed E-state index contributed by atoms with van der Waals surface area (Å²) in [5.41, 5.74) is 0.320. The fourth-order valence-electron chi connectivity index (χ4n) is 3.85. The van der Waals surface area contributed by atoms with Crippen molar-refractivity contribution in [3.63, 3.8) is 0 Å². The molecule has 0 unspecified atom stereocenters. The van der Waals surface area contributed by atoms with E-state index >= 15 is 0 Å². The maximum Gasteiger partial charge on any atom is 0.261 e. The zero-order chi connectivity index (χ0) is 17.3. The van der Waals surface area contributed by atoms with Gasteiger partial charge in [0.25, 0.3) is 5.91 Å². The molecular formula is C19H29N3O2S. The van der Waals surface area contributed by atoms with Gasteiger partial charge in [0.1, 0.15) is 0 Å². The Morgan fingerprint density at radius 1 is 1.32 bits per heavy atom. The predicted molar refractivity (Wildman–Crippen MR) is 100 cm³/mol. The summed E-state index contributed by atoms with van der Waals surface area (Å²) in [5, 5.41) is 3.20. The fraction of sp³-hybridized carbons (Fsp3) is 0.737. The highest BCUT2D eigenvalue weighted by Gasteiger charge is 2.44. The molecule has 2 saturated heterocycles. The smallest absolute Gasteiger partial charge is 0.261 e. The van der Waals surface area contributed by atoms with Crippen molar-refractivity contribution in [2.24, 2.45) is 5.41 Å². The van der Waals surface area contributed by atoms with Crippen LogP contribution < -0.4 is 5.32 Å². The van der Waals surface area contributed by atoms with E-state index in [4.69, 9.17) is 4.74 Å². The van der Waals surface area contributed by atoms with Gasteiger partial charge in [-0.1, -0.05) is 0 Å². The Morgan fingerprint density at radius 3 is 2.80 bits per heavy atom. The molecule has 1 aromatic rings. The lowest BCUT2D eigenvalue weighted by Crippen LogP contribution is -2.47. The van der Waals surface area contributed by atoms with Crippen LogP contribution in [0.25, 0.3) is 0 Å². The minimum absolute atomic E-state index is 0.0823. The predicted octanol–water partition coefficient (Wildman–Crippen LogP) is 2.36. The summed E-state index contributed by atoms with van der Waals surface area (Å²) in [5.74, 6) is 0.0823. The van der Waals surface area contributed by atoms with E-state index in [0.29, 0.717) is 5.41 Å². The second kappa shape index (κ2) is 7.35. The molecular weight excluding hydrogens is 334 g/mol. The van der Waals surface area contributed by atoms with Gasteiger partial charge in [-0.2, -0.15) is 0 Å². The first kappa shape index (κ1) is 17.5. The third kappa shape index (κ3) is 4.25. The van der Waals surface area contributed by atoms with Gasteiger partial charge in [-0.3, -0.25) is 4.79 Å². The second-order valence-electron chi connectivity index (χ2n) is 7.97. The molecule has 0 aromatic carbocycles. The van der Waals surface area contributed by atoms with E-state index in [1.807, 2.05) is 6.07 Å². The standard InChI is InChI=1S/C19H29N3O2S/c1-21-8-10-22(11-9-21)14-19(6-7-19)13-20-18(23)17-5-4-16(25-17)15-3-2-12-24-15/h4-5,15H,2-3,6-14H2,1H3,(H,20,23)/t15-/m1/s1. The molecule has 2 aliphatic heterocycles. The Morgan fingerprint density at radius 2 is 2.12 bits per heavy atom. The molecule has 5 nitrogen and oxygen atoms in total. The van der Waals surface area contributed by atoms with Crippen LogP contribution in [0.3, 0.4) is 0 Å². The van der Waals surface area contributed by atoms with Crippen molar-refractivity contribution in [3.8, 4) is 0 Å². The molecule has 1 aromatic heterocycles. The van der Waals surface area contributed by atoms with Crippen LogP contribution in [0.4, 0.5) is 0 Å². The molecule has 0 radical (unpaired) electrons. The number of amides is 1. The van der Waals surface area contributed by atoms with Gasteiger partial charge < -0.3 is 19.9 Å². The Balaban J connectivity index is 1.27. The van der Waals surface area contributed by atoms with Gasteiger partial charge in [0.05, 0.1) is 11.0 Å². The molecule has 1 aliphatic carbocycles. The summed E-state index contributed by atoms with van der Waals surface area (Å²) in [7, 11) is 2.19. The van der Waals surface area contributed by atoms with Gasteiger partial charge in [0, 0.05) is 56.2 Å². The van der Waals surface area contributed by atoms with Crippen molar-refractivity contribution >= 4 is 17.2 Å². The largest absolute Gasteiger partial charge is 0.373 e. The Kier molecular flexibility index (Phi) is 5.13. The third-order valence-electron chi connectivity index (χ3n) is 5.83. The molecule has 3 fully saturated rings. The maximum atomic E-state index is 12.5. The number of nitrogens with one attached hydrogen (secondary N) is 1. The van der Waals surface area contributed by atoms with Gasteiger partial charge in [-0.15, -0.1) is 11.3 Å². The number of hydrogen-bond acceptors (Lipinski definition) is 5. The molecule has 3 aliphatic rings. The summed E-state index contributed by atoms with van der Waals surface area (Å²) < 4.78 is 5.72. The monoisotopic (exact) mass is 363 g/mol. The van der Waals surface area contributed by atoms with Crippen molar-refractivity contribution in [3.05, 3.63) is 21.9 Å². The average Bonchev–Trinajstić information content (AvgIpc) is 3.05. The van der Waals surface area contributed by atoms with Crippen LogP contribution in [0.5, 0.6) is 0 Å². The molecule has 3 heterocycles. The van der Waals surface area contributed by atoms with E-state index in [9.17, 15) is 4.79 Å². The van der Waals surface area contributed by atoms with E-state index in [0.717, 1.165) is 63.6 Å². The van der Waals surface area contributed by atoms with Crippen molar-refractivity contribution in [2.45, 2.75) is 31.8 Å². The molecule has 138 valence electrons. The quantitative estimate of drug-likeness (QED) is 0.843. The lowest BCUT2D eigenvalue weighted by Gasteiger charge is -2.34. The first-order valence-corrected chi connectivity index (χ1v) is 10.4.